The van der Waals surface area contributed by atoms with Crippen LogP contribution in [0.5, 0.6) is 0 Å². The summed E-state index contributed by atoms with van der Waals surface area (Å²) in [7, 11) is 0. The van der Waals surface area contributed by atoms with Crippen LogP contribution < -0.4 is 4.90 Å². The van der Waals surface area contributed by atoms with Crippen LogP contribution in [0.25, 0.3) is 10.9 Å². The number of aromatic nitrogens is 2. The van der Waals surface area contributed by atoms with Gasteiger partial charge in [-0.25, -0.2) is 0 Å². The van der Waals surface area contributed by atoms with Crippen LogP contribution in [0.3, 0.4) is 0 Å². The van der Waals surface area contributed by atoms with Crippen LogP contribution in [-0.4, -0.2) is 36.0 Å². The quantitative estimate of drug-likeness (QED) is 0.863. The minimum Gasteiger partial charge on any atom is -0.364 e. The third-order valence-electron chi connectivity index (χ3n) is 4.40. The van der Waals surface area contributed by atoms with Crippen LogP contribution in [0.15, 0.2) is 24.3 Å². The molecule has 0 aliphatic carbocycles. The summed E-state index contributed by atoms with van der Waals surface area (Å²) in [4.78, 5) is 1.68. The molecule has 1 unspecified atom stereocenters. The van der Waals surface area contributed by atoms with Gasteiger partial charge in [0, 0.05) is 18.2 Å². The minimum absolute atomic E-state index is 0.217. The number of benzene rings is 1. The summed E-state index contributed by atoms with van der Waals surface area (Å²) in [6, 6.07) is 8.43. The predicted molar refractivity (Wildman–Crippen MR) is 73.2 cm³/mol. The lowest BCUT2D eigenvalue weighted by Crippen LogP contribution is -3.10. The molecule has 19 heavy (non-hydrogen) atoms. The van der Waals surface area contributed by atoms with Crippen molar-refractivity contribution in [3.8, 4) is 0 Å². The molecule has 2 aliphatic heterocycles. The fraction of sp³-hybridized carbons (Fsp3) is 0.533. The van der Waals surface area contributed by atoms with Gasteiger partial charge < -0.3 is 9.64 Å². The van der Waals surface area contributed by atoms with E-state index in [-0.39, 0.29) is 6.10 Å². The molecule has 0 spiro atoms. The maximum Gasteiger partial charge on any atom is 0.148 e. The number of nitrogens with zero attached hydrogens (tertiary/aromatic N) is 2. The Morgan fingerprint density at radius 2 is 2.11 bits per heavy atom. The monoisotopic (exact) mass is 258 g/mol. The van der Waals surface area contributed by atoms with E-state index in [1.54, 1.807) is 4.90 Å². The number of ether oxygens (including phenoxy) is 1. The number of likely N-dealkylation sites (tertiary alicyclic amines) is 1. The van der Waals surface area contributed by atoms with Gasteiger partial charge >= 0.3 is 0 Å². The van der Waals surface area contributed by atoms with Crippen LogP contribution in [0.1, 0.15) is 24.6 Å². The molecule has 0 amide bonds. The highest BCUT2D eigenvalue weighted by Gasteiger charge is 2.30. The van der Waals surface area contributed by atoms with Crippen molar-refractivity contribution in [3.63, 3.8) is 0 Å². The molecule has 2 aromatic rings. The molecule has 0 bridgehead atoms. The van der Waals surface area contributed by atoms with Crippen molar-refractivity contribution in [3.05, 3.63) is 30.0 Å². The number of quaternary nitrogens is 1. The molecule has 3 heterocycles. The number of nitrogens with one attached hydrogen (secondary N) is 1. The molecule has 4 nitrogen and oxygen atoms in total. The van der Waals surface area contributed by atoms with Crippen molar-refractivity contribution in [2.24, 2.45) is 0 Å². The van der Waals surface area contributed by atoms with Crippen molar-refractivity contribution in [1.82, 2.24) is 9.78 Å². The van der Waals surface area contributed by atoms with Gasteiger partial charge in [-0.15, -0.1) is 0 Å². The second-order valence-electron chi connectivity index (χ2n) is 5.65. The number of fused-ring (bicyclic) bond motifs is 3. The van der Waals surface area contributed by atoms with E-state index in [9.17, 15) is 0 Å². The summed E-state index contributed by atoms with van der Waals surface area (Å²) >= 11 is 0. The normalized spacial score (nSPS) is 23.9. The summed E-state index contributed by atoms with van der Waals surface area (Å²) in [5.41, 5.74) is 2.39. The van der Waals surface area contributed by atoms with Gasteiger partial charge in [0.1, 0.15) is 12.6 Å². The maximum atomic E-state index is 6.05. The van der Waals surface area contributed by atoms with Gasteiger partial charge in [-0.1, -0.05) is 18.2 Å². The van der Waals surface area contributed by atoms with Crippen molar-refractivity contribution in [2.45, 2.75) is 25.5 Å². The molecular formula is C15H20N3O+. The molecule has 1 aromatic heterocycles. The largest absolute Gasteiger partial charge is 0.364 e. The maximum absolute atomic E-state index is 6.05. The smallest absolute Gasteiger partial charge is 0.148 e. The Labute approximate surface area is 113 Å². The average molecular weight is 258 g/mol. The molecule has 4 heteroatoms. The summed E-state index contributed by atoms with van der Waals surface area (Å²) in [6.45, 7) is 5.36. The Morgan fingerprint density at radius 1 is 1.26 bits per heavy atom. The van der Waals surface area contributed by atoms with E-state index in [0.29, 0.717) is 0 Å². The molecule has 1 fully saturated rings. The Bertz CT molecular complexity index is 586. The molecule has 0 saturated carbocycles. The molecule has 1 aromatic carbocycles. The van der Waals surface area contributed by atoms with Gasteiger partial charge in [-0.2, -0.15) is 5.10 Å². The van der Waals surface area contributed by atoms with Crippen LogP contribution in [0, 0.1) is 0 Å². The molecule has 1 N–H and O–H groups in total. The Kier molecular flexibility index (Phi) is 2.78. The first-order valence-electron chi connectivity index (χ1n) is 7.32. The van der Waals surface area contributed by atoms with Crippen LogP contribution in [-0.2, 0) is 11.3 Å². The highest BCUT2D eigenvalue weighted by atomic mass is 16.5. The van der Waals surface area contributed by atoms with Gasteiger partial charge in [0.15, 0.2) is 0 Å². The topological polar surface area (TPSA) is 31.5 Å². The second kappa shape index (κ2) is 4.62. The lowest BCUT2D eigenvalue weighted by molar-refractivity contribution is -0.891. The third-order valence-corrected chi connectivity index (χ3v) is 4.40. The van der Waals surface area contributed by atoms with Crippen molar-refractivity contribution < 1.29 is 9.64 Å². The first-order chi connectivity index (χ1) is 9.42. The molecular weight excluding hydrogens is 238 g/mol. The number of hydrogen-bond donors (Lipinski definition) is 1. The van der Waals surface area contributed by atoms with E-state index in [2.05, 4.69) is 28.9 Å². The molecule has 100 valence electrons. The highest BCUT2D eigenvalue weighted by Crippen LogP contribution is 2.28. The minimum atomic E-state index is 0.217. The number of rotatable bonds is 2. The summed E-state index contributed by atoms with van der Waals surface area (Å²) in [6.07, 6.45) is 2.94. The molecule has 1 atom stereocenters. The van der Waals surface area contributed by atoms with Crippen LogP contribution in [0.2, 0.25) is 0 Å². The summed E-state index contributed by atoms with van der Waals surface area (Å²) in [5, 5.41) is 5.97. The second-order valence-corrected chi connectivity index (χ2v) is 5.65. The van der Waals surface area contributed by atoms with Crippen LogP contribution >= 0.6 is 0 Å². The zero-order valence-electron chi connectivity index (χ0n) is 11.1. The van der Waals surface area contributed by atoms with Crippen molar-refractivity contribution in [2.75, 3.05) is 26.2 Å². The van der Waals surface area contributed by atoms with E-state index >= 15 is 0 Å². The number of hydrogen-bond acceptors (Lipinski definition) is 2. The zero-order chi connectivity index (χ0) is 12.7. The average Bonchev–Trinajstić information content (AvgIpc) is 3.05. The van der Waals surface area contributed by atoms with Crippen molar-refractivity contribution >= 4 is 10.9 Å². The molecule has 0 radical (unpaired) electrons. The summed E-state index contributed by atoms with van der Waals surface area (Å²) in [5.74, 6) is 0. The lowest BCUT2D eigenvalue weighted by atomic mass is 10.1. The SMILES string of the molecule is c1ccc2c3n(nc2c1)CCOC3C[NH+]1CCCC1. The fourth-order valence-corrected chi connectivity index (χ4v) is 3.47. The van der Waals surface area contributed by atoms with E-state index in [4.69, 9.17) is 9.84 Å². The lowest BCUT2D eigenvalue weighted by Gasteiger charge is -2.26. The van der Waals surface area contributed by atoms with E-state index < -0.39 is 0 Å². The van der Waals surface area contributed by atoms with Gasteiger partial charge in [0.25, 0.3) is 0 Å². The van der Waals surface area contributed by atoms with E-state index in [1.807, 2.05) is 0 Å². The van der Waals surface area contributed by atoms with E-state index in [1.165, 1.54) is 37.0 Å². The standard InChI is InChI=1S/C15H19N3O/c1-2-6-13-12(5-1)15-14(11-17-7-3-4-8-17)19-10-9-18(15)16-13/h1-2,5-6,14H,3-4,7-11H2/p+1. The summed E-state index contributed by atoms with van der Waals surface area (Å²) < 4.78 is 8.21. The Hall–Kier alpha value is -1.39. The molecule has 2 aliphatic rings. The van der Waals surface area contributed by atoms with Gasteiger partial charge in [-0.3, -0.25) is 4.68 Å². The van der Waals surface area contributed by atoms with Crippen molar-refractivity contribution in [1.29, 1.82) is 0 Å². The zero-order valence-corrected chi connectivity index (χ0v) is 11.1. The van der Waals surface area contributed by atoms with E-state index in [0.717, 1.165) is 25.2 Å². The highest BCUT2D eigenvalue weighted by molar-refractivity contribution is 5.81. The first kappa shape index (κ1) is 11.4. The molecule has 1 saturated heterocycles. The van der Waals surface area contributed by atoms with Gasteiger partial charge in [0.05, 0.1) is 37.5 Å². The third kappa shape index (κ3) is 1.95. The predicted octanol–water partition coefficient (Wildman–Crippen LogP) is 0.786. The Morgan fingerprint density at radius 3 is 3.00 bits per heavy atom. The van der Waals surface area contributed by atoms with Crippen LogP contribution in [0.4, 0.5) is 0 Å². The first-order valence-corrected chi connectivity index (χ1v) is 7.32. The Balaban J connectivity index is 1.71. The van der Waals surface area contributed by atoms with Gasteiger partial charge in [0.2, 0.25) is 0 Å². The van der Waals surface area contributed by atoms with Gasteiger partial charge in [-0.05, 0) is 6.07 Å². The fourth-order valence-electron chi connectivity index (χ4n) is 3.47. The molecule has 4 rings (SSSR count).